The number of esters is 2. The summed E-state index contributed by atoms with van der Waals surface area (Å²) in [6.07, 6.45) is 0. The summed E-state index contributed by atoms with van der Waals surface area (Å²) in [6.45, 7) is -0.777. The Bertz CT molecular complexity index is 791. The first kappa shape index (κ1) is 20.5. The first-order chi connectivity index (χ1) is 13.1. The average Bonchev–Trinajstić information content (AvgIpc) is 2.65. The molecule has 11 heteroatoms. The second-order valence-electron chi connectivity index (χ2n) is 5.68. The van der Waals surface area contributed by atoms with Gasteiger partial charge in [0.15, 0.2) is 34.5 Å². The molecule has 150 valence electrons. The zero-order valence-corrected chi connectivity index (χ0v) is 14.2. The van der Waals surface area contributed by atoms with Crippen LogP contribution < -0.4 is 5.73 Å². The first-order valence-corrected chi connectivity index (χ1v) is 7.69. The lowest BCUT2D eigenvalue weighted by atomic mass is 10.2. The van der Waals surface area contributed by atoms with Gasteiger partial charge in [0.25, 0.3) is 0 Å². The van der Waals surface area contributed by atoms with Gasteiger partial charge in [-0.1, -0.05) is 0 Å². The van der Waals surface area contributed by atoms with Gasteiger partial charge >= 0.3 is 11.9 Å². The molecule has 0 amide bonds. The number of aromatic hydroxyl groups is 6. The van der Waals surface area contributed by atoms with Crippen molar-refractivity contribution in [3.63, 3.8) is 0 Å². The average molecular weight is 395 g/mol. The van der Waals surface area contributed by atoms with Crippen molar-refractivity contribution in [2.75, 3.05) is 13.2 Å². The van der Waals surface area contributed by atoms with Crippen LogP contribution in [-0.4, -0.2) is 61.8 Å². The highest BCUT2D eigenvalue weighted by molar-refractivity contribution is 5.91. The van der Waals surface area contributed by atoms with Crippen molar-refractivity contribution in [1.29, 1.82) is 0 Å². The summed E-state index contributed by atoms with van der Waals surface area (Å²) in [6, 6.07) is 2.59. The fourth-order valence-corrected chi connectivity index (χ4v) is 2.02. The van der Waals surface area contributed by atoms with Crippen molar-refractivity contribution in [1.82, 2.24) is 0 Å². The third kappa shape index (κ3) is 4.65. The number of rotatable bonds is 6. The predicted molar refractivity (Wildman–Crippen MR) is 91.4 cm³/mol. The molecule has 2 aromatic carbocycles. The maximum Gasteiger partial charge on any atom is 0.338 e. The molecule has 11 nitrogen and oxygen atoms in total. The quantitative estimate of drug-likeness (QED) is 0.261. The Morgan fingerprint density at radius 1 is 0.714 bits per heavy atom. The van der Waals surface area contributed by atoms with Crippen molar-refractivity contribution in [2.45, 2.75) is 6.04 Å². The molecular formula is C17H17NO10. The molecule has 0 radical (unpaired) electrons. The van der Waals surface area contributed by atoms with Crippen molar-refractivity contribution in [3.8, 4) is 34.5 Å². The van der Waals surface area contributed by atoms with E-state index in [1.807, 2.05) is 0 Å². The number of benzene rings is 2. The fourth-order valence-electron chi connectivity index (χ4n) is 2.02. The van der Waals surface area contributed by atoms with Crippen LogP contribution in [0.5, 0.6) is 34.5 Å². The Morgan fingerprint density at radius 3 is 1.29 bits per heavy atom. The molecule has 0 bridgehead atoms. The molecule has 2 aromatic rings. The lowest BCUT2D eigenvalue weighted by Gasteiger charge is -2.13. The molecule has 0 heterocycles. The number of phenolic OH excluding ortho intramolecular Hbond substituents is 6. The van der Waals surface area contributed by atoms with E-state index < -0.39 is 52.5 Å². The van der Waals surface area contributed by atoms with Crippen LogP contribution in [0.4, 0.5) is 0 Å². The Labute approximate surface area is 157 Å². The van der Waals surface area contributed by atoms with Gasteiger partial charge in [0.1, 0.15) is 13.2 Å². The molecule has 8 N–H and O–H groups in total. The van der Waals surface area contributed by atoms with E-state index >= 15 is 0 Å². The number of ether oxygens (including phenoxy) is 2. The molecule has 28 heavy (non-hydrogen) atoms. The van der Waals surface area contributed by atoms with Gasteiger partial charge in [-0.3, -0.25) is 0 Å². The van der Waals surface area contributed by atoms with Gasteiger partial charge in [0, 0.05) is 0 Å². The fraction of sp³-hybridized carbons (Fsp3) is 0.176. The number of carbonyl (C=O) groups excluding carboxylic acids is 2. The van der Waals surface area contributed by atoms with Crippen LogP contribution in [0.2, 0.25) is 0 Å². The van der Waals surface area contributed by atoms with Crippen LogP contribution in [0, 0.1) is 0 Å². The van der Waals surface area contributed by atoms with E-state index in [-0.39, 0.29) is 24.3 Å². The highest BCUT2D eigenvalue weighted by atomic mass is 16.5. The molecule has 0 aromatic heterocycles. The predicted octanol–water partition coefficient (Wildman–Crippen LogP) is 0.261. The standard InChI is InChI=1S/C17H17NO10/c18-9(5-27-16(25)7-1-10(19)14(23)11(20)2-7)6-28-17(26)8-3-12(21)15(24)13(22)4-8/h1-4,9,19-24H,5-6,18H2. The largest absolute Gasteiger partial charge is 0.504 e. The maximum atomic E-state index is 11.9. The number of phenols is 6. The number of carbonyl (C=O) groups is 2. The summed E-state index contributed by atoms with van der Waals surface area (Å²) in [5.74, 6) is -6.35. The minimum absolute atomic E-state index is 0.243. The number of hydrogen-bond donors (Lipinski definition) is 7. The molecule has 0 aliphatic rings. The summed E-state index contributed by atoms with van der Waals surface area (Å²) in [7, 11) is 0. The molecule has 0 atom stereocenters. The molecule has 0 aliphatic carbocycles. The lowest BCUT2D eigenvalue weighted by molar-refractivity contribution is 0.0352. The Hall–Kier alpha value is -3.86. The topological polar surface area (TPSA) is 200 Å². The van der Waals surface area contributed by atoms with Crippen LogP contribution in [0.1, 0.15) is 20.7 Å². The van der Waals surface area contributed by atoms with E-state index in [0.29, 0.717) is 0 Å². The van der Waals surface area contributed by atoms with Crippen LogP contribution in [0.15, 0.2) is 24.3 Å². The zero-order valence-electron chi connectivity index (χ0n) is 14.2. The Balaban J connectivity index is 1.88. The van der Waals surface area contributed by atoms with Crippen LogP contribution >= 0.6 is 0 Å². The molecule has 0 fully saturated rings. The van der Waals surface area contributed by atoms with E-state index in [0.717, 1.165) is 24.3 Å². The monoisotopic (exact) mass is 395 g/mol. The molecule has 0 unspecified atom stereocenters. The summed E-state index contributed by atoms with van der Waals surface area (Å²) < 4.78 is 9.72. The van der Waals surface area contributed by atoms with Crippen molar-refractivity contribution in [2.24, 2.45) is 5.73 Å². The van der Waals surface area contributed by atoms with E-state index in [9.17, 15) is 40.2 Å². The molecule has 2 rings (SSSR count). The lowest BCUT2D eigenvalue weighted by Crippen LogP contribution is -2.33. The normalized spacial score (nSPS) is 10.6. The first-order valence-electron chi connectivity index (χ1n) is 7.69. The SMILES string of the molecule is NC(COC(=O)c1cc(O)c(O)c(O)c1)COC(=O)c1cc(O)c(O)c(O)c1. The molecule has 0 spiro atoms. The van der Waals surface area contributed by atoms with Gasteiger partial charge in [-0.05, 0) is 24.3 Å². The second kappa shape index (κ2) is 8.22. The summed E-state index contributed by atoms with van der Waals surface area (Å²) in [5, 5.41) is 55.9. The van der Waals surface area contributed by atoms with E-state index in [1.165, 1.54) is 0 Å². The van der Waals surface area contributed by atoms with Gasteiger partial charge in [0.05, 0.1) is 17.2 Å². The van der Waals surface area contributed by atoms with Crippen LogP contribution in [0.25, 0.3) is 0 Å². The van der Waals surface area contributed by atoms with Crippen molar-refractivity contribution < 1.29 is 49.7 Å². The minimum atomic E-state index is -0.958. The van der Waals surface area contributed by atoms with E-state index in [2.05, 4.69) is 0 Å². The highest BCUT2D eigenvalue weighted by Gasteiger charge is 2.18. The minimum Gasteiger partial charge on any atom is -0.504 e. The van der Waals surface area contributed by atoms with Gasteiger partial charge < -0.3 is 45.8 Å². The van der Waals surface area contributed by atoms with Gasteiger partial charge in [0.2, 0.25) is 0 Å². The third-order valence-electron chi connectivity index (χ3n) is 3.47. The summed E-state index contributed by atoms with van der Waals surface area (Å²) in [5.41, 5.74) is 5.18. The van der Waals surface area contributed by atoms with Crippen molar-refractivity contribution in [3.05, 3.63) is 35.4 Å². The van der Waals surface area contributed by atoms with Crippen LogP contribution in [-0.2, 0) is 9.47 Å². The highest BCUT2D eigenvalue weighted by Crippen LogP contribution is 2.36. The summed E-state index contributed by atoms with van der Waals surface area (Å²) in [4.78, 5) is 23.7. The smallest absolute Gasteiger partial charge is 0.338 e. The van der Waals surface area contributed by atoms with Gasteiger partial charge in [-0.25, -0.2) is 9.59 Å². The molecule has 0 saturated carbocycles. The van der Waals surface area contributed by atoms with Gasteiger partial charge in [-0.15, -0.1) is 0 Å². The molecule has 0 aliphatic heterocycles. The Morgan fingerprint density at radius 2 is 1.00 bits per heavy atom. The number of nitrogens with two attached hydrogens (primary N) is 1. The second-order valence-corrected chi connectivity index (χ2v) is 5.68. The van der Waals surface area contributed by atoms with Crippen molar-refractivity contribution >= 4 is 11.9 Å². The summed E-state index contributed by atoms with van der Waals surface area (Å²) >= 11 is 0. The molecular weight excluding hydrogens is 378 g/mol. The van der Waals surface area contributed by atoms with E-state index in [1.54, 1.807) is 0 Å². The zero-order chi connectivity index (χ0) is 21.0. The Kier molecular flexibility index (Phi) is 6.01. The van der Waals surface area contributed by atoms with Crippen LogP contribution in [0.3, 0.4) is 0 Å². The third-order valence-corrected chi connectivity index (χ3v) is 3.47. The molecule has 0 saturated heterocycles. The van der Waals surface area contributed by atoms with E-state index in [4.69, 9.17) is 15.2 Å². The number of hydrogen-bond acceptors (Lipinski definition) is 11. The van der Waals surface area contributed by atoms with Gasteiger partial charge in [-0.2, -0.15) is 0 Å². The maximum absolute atomic E-state index is 11.9.